The van der Waals surface area contributed by atoms with Gasteiger partial charge in [-0.25, -0.2) is 0 Å². The molecule has 4 heteroatoms. The third kappa shape index (κ3) is 3.90. The number of benzene rings is 1. The predicted octanol–water partition coefficient (Wildman–Crippen LogP) is 3.27. The van der Waals surface area contributed by atoms with Gasteiger partial charge in [0.2, 0.25) is 0 Å². The van der Waals surface area contributed by atoms with Crippen LogP contribution in [0.1, 0.15) is 43.7 Å². The van der Waals surface area contributed by atoms with Gasteiger partial charge in [-0.2, -0.15) is 11.8 Å². The third-order valence-corrected chi connectivity index (χ3v) is 5.25. The van der Waals surface area contributed by atoms with E-state index in [1.165, 1.54) is 42.8 Å². The van der Waals surface area contributed by atoms with Crippen LogP contribution in [0, 0.1) is 5.92 Å². The molecule has 1 aromatic rings. The summed E-state index contributed by atoms with van der Waals surface area (Å²) in [5, 5.41) is 0. The van der Waals surface area contributed by atoms with Crippen molar-refractivity contribution in [2.24, 2.45) is 11.8 Å². The molecule has 1 saturated heterocycles. The van der Waals surface area contributed by atoms with Crippen LogP contribution in [0.15, 0.2) is 24.3 Å². The maximum Gasteiger partial charge on any atom is 0.120 e. The van der Waals surface area contributed by atoms with Crippen molar-refractivity contribution in [3.05, 3.63) is 29.8 Å². The van der Waals surface area contributed by atoms with Gasteiger partial charge in [0.05, 0.1) is 6.10 Å². The van der Waals surface area contributed by atoms with Crippen LogP contribution in [-0.2, 0) is 0 Å². The molecular weight excluding hydrogens is 268 g/mol. The molecule has 2 aliphatic rings. The minimum absolute atomic E-state index is 0.242. The summed E-state index contributed by atoms with van der Waals surface area (Å²) in [7, 11) is 0. The largest absolute Gasteiger partial charge is 0.490 e. The second kappa shape index (κ2) is 6.83. The van der Waals surface area contributed by atoms with Gasteiger partial charge in [0.15, 0.2) is 0 Å². The van der Waals surface area contributed by atoms with Crippen LogP contribution in [0.4, 0.5) is 0 Å². The Labute approximate surface area is 125 Å². The first-order chi connectivity index (χ1) is 9.85. The third-order valence-electron chi connectivity index (χ3n) is 4.20. The molecule has 1 unspecified atom stereocenters. The highest BCUT2D eigenvalue weighted by atomic mass is 32.2. The second-order valence-electron chi connectivity index (χ2n) is 5.90. The Morgan fingerprint density at radius 3 is 2.75 bits per heavy atom. The molecule has 1 saturated carbocycles. The maximum atomic E-state index is 5.88. The van der Waals surface area contributed by atoms with Crippen LogP contribution < -0.4 is 16.0 Å². The molecule has 0 amide bonds. The van der Waals surface area contributed by atoms with E-state index in [1.54, 1.807) is 0 Å². The minimum atomic E-state index is 0.242. The summed E-state index contributed by atoms with van der Waals surface area (Å²) in [5.74, 6) is 10.2. The number of hydrogen-bond acceptors (Lipinski definition) is 4. The van der Waals surface area contributed by atoms with Gasteiger partial charge in [-0.3, -0.25) is 11.3 Å². The van der Waals surface area contributed by atoms with E-state index < -0.39 is 0 Å². The van der Waals surface area contributed by atoms with Gasteiger partial charge in [-0.05, 0) is 67.2 Å². The van der Waals surface area contributed by atoms with E-state index >= 15 is 0 Å². The minimum Gasteiger partial charge on any atom is -0.490 e. The molecule has 1 heterocycles. The van der Waals surface area contributed by atoms with Crippen molar-refractivity contribution < 1.29 is 4.74 Å². The van der Waals surface area contributed by atoms with Crippen molar-refractivity contribution in [3.8, 4) is 5.75 Å². The average Bonchev–Trinajstić information content (AvgIpc) is 3.30. The number of thioether (sulfide) groups is 1. The first-order valence-corrected chi connectivity index (χ1v) is 8.81. The summed E-state index contributed by atoms with van der Waals surface area (Å²) in [6.45, 7) is 0. The summed E-state index contributed by atoms with van der Waals surface area (Å²) >= 11 is 2.07. The highest BCUT2D eigenvalue weighted by Gasteiger charge is 2.24. The van der Waals surface area contributed by atoms with E-state index in [2.05, 4.69) is 35.4 Å². The fraction of sp³-hybridized carbons (Fsp3) is 0.625. The molecule has 0 radical (unpaired) electrons. The molecule has 20 heavy (non-hydrogen) atoms. The molecule has 0 spiro atoms. The topological polar surface area (TPSA) is 47.3 Å². The number of nitrogens with two attached hydrogens (primary N) is 1. The van der Waals surface area contributed by atoms with Gasteiger partial charge in [0.1, 0.15) is 5.75 Å². The number of nitrogens with one attached hydrogen (secondary N) is 1. The normalized spacial score (nSPS) is 21.6. The van der Waals surface area contributed by atoms with E-state index in [-0.39, 0.29) is 6.04 Å². The molecule has 1 atom stereocenters. The zero-order chi connectivity index (χ0) is 13.8. The SMILES string of the molecule is NNC(CC1CCSCC1)c1cccc(OC2CC2)c1. The van der Waals surface area contributed by atoms with Crippen molar-refractivity contribution in [3.63, 3.8) is 0 Å². The number of hydrogen-bond donors (Lipinski definition) is 2. The zero-order valence-electron chi connectivity index (χ0n) is 11.9. The Morgan fingerprint density at radius 1 is 1.25 bits per heavy atom. The molecule has 3 N–H and O–H groups in total. The van der Waals surface area contributed by atoms with E-state index in [0.717, 1.165) is 18.1 Å². The molecule has 1 aromatic carbocycles. The quantitative estimate of drug-likeness (QED) is 0.624. The van der Waals surface area contributed by atoms with E-state index in [4.69, 9.17) is 10.6 Å². The summed E-state index contributed by atoms with van der Waals surface area (Å²) in [5.41, 5.74) is 4.25. The molecule has 3 rings (SSSR count). The lowest BCUT2D eigenvalue weighted by Gasteiger charge is -2.26. The van der Waals surface area contributed by atoms with Crippen molar-refractivity contribution >= 4 is 11.8 Å². The summed E-state index contributed by atoms with van der Waals surface area (Å²) < 4.78 is 5.88. The lowest BCUT2D eigenvalue weighted by Crippen LogP contribution is -2.30. The zero-order valence-corrected chi connectivity index (χ0v) is 12.7. The van der Waals surface area contributed by atoms with Crippen LogP contribution in [0.5, 0.6) is 5.75 Å². The lowest BCUT2D eigenvalue weighted by molar-refractivity contribution is 0.302. The van der Waals surface area contributed by atoms with Gasteiger partial charge in [-0.15, -0.1) is 0 Å². The van der Waals surface area contributed by atoms with Gasteiger partial charge in [0, 0.05) is 6.04 Å². The molecule has 0 bridgehead atoms. The molecule has 2 fully saturated rings. The molecule has 1 aliphatic carbocycles. The second-order valence-corrected chi connectivity index (χ2v) is 7.13. The van der Waals surface area contributed by atoms with Gasteiger partial charge in [-0.1, -0.05) is 12.1 Å². The molecule has 0 aromatic heterocycles. The number of hydrazine groups is 1. The Morgan fingerprint density at radius 2 is 2.05 bits per heavy atom. The smallest absolute Gasteiger partial charge is 0.120 e. The monoisotopic (exact) mass is 292 g/mol. The first kappa shape index (κ1) is 14.2. The van der Waals surface area contributed by atoms with E-state index in [9.17, 15) is 0 Å². The standard InChI is InChI=1S/C16H24N2OS/c17-18-16(10-12-6-8-20-9-7-12)13-2-1-3-15(11-13)19-14-4-5-14/h1-3,11-12,14,16,18H,4-10,17H2. The Hall–Kier alpha value is -0.710. The Balaban J connectivity index is 1.64. The maximum absolute atomic E-state index is 5.88. The van der Waals surface area contributed by atoms with Crippen LogP contribution in [0.3, 0.4) is 0 Å². The fourth-order valence-electron chi connectivity index (χ4n) is 2.80. The summed E-state index contributed by atoms with van der Waals surface area (Å²) in [6, 6.07) is 8.68. The number of rotatable bonds is 6. The molecule has 110 valence electrons. The summed E-state index contributed by atoms with van der Waals surface area (Å²) in [6.07, 6.45) is 6.61. The molecular formula is C16H24N2OS. The van der Waals surface area contributed by atoms with E-state index in [1.807, 2.05) is 6.07 Å². The predicted molar refractivity (Wildman–Crippen MR) is 84.8 cm³/mol. The Kier molecular flexibility index (Phi) is 4.86. The highest BCUT2D eigenvalue weighted by Crippen LogP contribution is 2.33. The molecule has 1 aliphatic heterocycles. The van der Waals surface area contributed by atoms with Gasteiger partial charge >= 0.3 is 0 Å². The highest BCUT2D eigenvalue weighted by molar-refractivity contribution is 7.99. The molecule has 3 nitrogen and oxygen atoms in total. The summed E-state index contributed by atoms with van der Waals surface area (Å²) in [4.78, 5) is 0. The first-order valence-electron chi connectivity index (χ1n) is 7.65. The number of ether oxygens (including phenoxy) is 1. The van der Waals surface area contributed by atoms with Crippen molar-refractivity contribution in [1.29, 1.82) is 0 Å². The van der Waals surface area contributed by atoms with Crippen molar-refractivity contribution in [1.82, 2.24) is 5.43 Å². The van der Waals surface area contributed by atoms with Gasteiger partial charge in [0.25, 0.3) is 0 Å². The van der Waals surface area contributed by atoms with Gasteiger partial charge < -0.3 is 4.74 Å². The van der Waals surface area contributed by atoms with Crippen molar-refractivity contribution in [2.75, 3.05) is 11.5 Å². The Bertz CT molecular complexity index is 430. The van der Waals surface area contributed by atoms with Crippen molar-refractivity contribution in [2.45, 2.75) is 44.2 Å². The van der Waals surface area contributed by atoms with E-state index in [0.29, 0.717) is 6.10 Å². The van der Waals surface area contributed by atoms with Crippen LogP contribution in [0.25, 0.3) is 0 Å². The van der Waals surface area contributed by atoms with Crippen LogP contribution in [-0.4, -0.2) is 17.6 Å². The average molecular weight is 292 g/mol. The fourth-order valence-corrected chi connectivity index (χ4v) is 4.00. The lowest BCUT2D eigenvalue weighted by atomic mass is 9.91. The van der Waals surface area contributed by atoms with Crippen LogP contribution >= 0.6 is 11.8 Å². The van der Waals surface area contributed by atoms with Crippen LogP contribution in [0.2, 0.25) is 0 Å².